The summed E-state index contributed by atoms with van der Waals surface area (Å²) in [6.07, 6.45) is 0.983. The number of aryl methyl sites for hydroxylation is 2. The monoisotopic (exact) mass is 268 g/mol. The topological polar surface area (TPSA) is 64.4 Å². The van der Waals surface area contributed by atoms with Crippen LogP contribution in [-0.4, -0.2) is 31.2 Å². The molecular weight excluding hydrogens is 244 g/mol. The lowest BCUT2D eigenvalue weighted by molar-refractivity contribution is -0.121. The summed E-state index contributed by atoms with van der Waals surface area (Å²) in [7, 11) is 1.61. The largest absolute Gasteiger partial charge is 0.445 e. The van der Waals surface area contributed by atoms with Crippen LogP contribution in [-0.2, 0) is 21.4 Å². The second-order valence-corrected chi connectivity index (χ2v) is 5.62. The van der Waals surface area contributed by atoms with Crippen LogP contribution in [0.15, 0.2) is 4.42 Å². The molecule has 0 aromatic carbocycles. The van der Waals surface area contributed by atoms with Crippen LogP contribution in [0, 0.1) is 6.92 Å². The zero-order valence-corrected chi connectivity index (χ0v) is 12.5. The van der Waals surface area contributed by atoms with E-state index in [9.17, 15) is 4.79 Å². The van der Waals surface area contributed by atoms with Crippen LogP contribution >= 0.6 is 0 Å². The first-order chi connectivity index (χ1) is 8.84. The summed E-state index contributed by atoms with van der Waals surface area (Å²) in [6, 6.07) is 0. The summed E-state index contributed by atoms with van der Waals surface area (Å²) >= 11 is 0. The minimum atomic E-state index is -0.107. The van der Waals surface area contributed by atoms with Gasteiger partial charge in [0, 0.05) is 31.9 Å². The quantitative estimate of drug-likeness (QED) is 0.801. The predicted octanol–water partition coefficient (Wildman–Crippen LogP) is 1.98. The van der Waals surface area contributed by atoms with E-state index in [0.29, 0.717) is 26.0 Å². The van der Waals surface area contributed by atoms with Gasteiger partial charge in [-0.2, -0.15) is 0 Å². The van der Waals surface area contributed by atoms with Gasteiger partial charge in [0.1, 0.15) is 5.76 Å². The summed E-state index contributed by atoms with van der Waals surface area (Å²) in [6.45, 7) is 9.15. The van der Waals surface area contributed by atoms with E-state index in [4.69, 9.17) is 9.15 Å². The second-order valence-electron chi connectivity index (χ2n) is 5.62. The molecule has 19 heavy (non-hydrogen) atoms. The molecule has 0 aliphatic carbocycles. The number of nitrogens with one attached hydrogen (secondary N) is 1. The summed E-state index contributed by atoms with van der Waals surface area (Å²) in [5.74, 6) is 1.52. The molecule has 1 N–H and O–H groups in total. The molecule has 0 atom stereocenters. The van der Waals surface area contributed by atoms with Gasteiger partial charge in [0.05, 0.1) is 12.3 Å². The van der Waals surface area contributed by atoms with Crippen molar-refractivity contribution in [2.24, 2.45) is 0 Å². The van der Waals surface area contributed by atoms with Crippen molar-refractivity contribution in [1.29, 1.82) is 0 Å². The SMILES string of the molecule is COCCNC(=O)CCc1oc(C(C)(C)C)nc1C. The van der Waals surface area contributed by atoms with Gasteiger partial charge in [-0.05, 0) is 6.92 Å². The van der Waals surface area contributed by atoms with Gasteiger partial charge in [-0.15, -0.1) is 0 Å². The minimum absolute atomic E-state index is 0.00478. The lowest BCUT2D eigenvalue weighted by atomic mass is 9.97. The van der Waals surface area contributed by atoms with Crippen LogP contribution in [0.3, 0.4) is 0 Å². The molecule has 0 unspecified atom stereocenters. The highest BCUT2D eigenvalue weighted by atomic mass is 16.5. The highest BCUT2D eigenvalue weighted by molar-refractivity contribution is 5.76. The Labute approximate surface area is 114 Å². The van der Waals surface area contributed by atoms with Crippen LogP contribution in [0.2, 0.25) is 0 Å². The van der Waals surface area contributed by atoms with Crippen molar-refractivity contribution in [1.82, 2.24) is 10.3 Å². The Balaban J connectivity index is 2.49. The fraction of sp³-hybridized carbons (Fsp3) is 0.714. The first-order valence-corrected chi connectivity index (χ1v) is 6.57. The van der Waals surface area contributed by atoms with Gasteiger partial charge in [0.15, 0.2) is 5.89 Å². The first kappa shape index (κ1) is 15.7. The lowest BCUT2D eigenvalue weighted by Crippen LogP contribution is -2.27. The molecular formula is C14H24N2O3. The molecule has 1 aromatic heterocycles. The van der Waals surface area contributed by atoms with E-state index in [1.807, 2.05) is 6.92 Å². The van der Waals surface area contributed by atoms with Crippen molar-refractivity contribution in [3.05, 3.63) is 17.3 Å². The zero-order chi connectivity index (χ0) is 14.5. The lowest BCUT2D eigenvalue weighted by Gasteiger charge is -2.12. The molecule has 0 spiro atoms. The molecule has 5 heteroatoms. The number of carbonyl (C=O) groups is 1. The van der Waals surface area contributed by atoms with Crippen molar-refractivity contribution >= 4 is 5.91 Å². The van der Waals surface area contributed by atoms with Gasteiger partial charge in [-0.1, -0.05) is 20.8 Å². The molecule has 0 aliphatic rings. The number of ether oxygens (including phenoxy) is 1. The molecule has 1 aromatic rings. The van der Waals surface area contributed by atoms with E-state index in [-0.39, 0.29) is 11.3 Å². The molecule has 0 aliphatic heterocycles. The van der Waals surface area contributed by atoms with E-state index in [1.54, 1.807) is 7.11 Å². The molecule has 5 nitrogen and oxygen atoms in total. The number of amides is 1. The fourth-order valence-electron chi connectivity index (χ4n) is 1.59. The third-order valence-corrected chi connectivity index (χ3v) is 2.74. The maximum atomic E-state index is 11.6. The minimum Gasteiger partial charge on any atom is -0.445 e. The summed E-state index contributed by atoms with van der Waals surface area (Å²) in [4.78, 5) is 16.0. The van der Waals surface area contributed by atoms with E-state index in [1.165, 1.54) is 0 Å². The molecule has 1 heterocycles. The third kappa shape index (κ3) is 5.03. The third-order valence-electron chi connectivity index (χ3n) is 2.74. The highest BCUT2D eigenvalue weighted by Crippen LogP contribution is 2.24. The van der Waals surface area contributed by atoms with Gasteiger partial charge in [-0.25, -0.2) is 4.98 Å². The average Bonchev–Trinajstić information content (AvgIpc) is 2.68. The Bertz CT molecular complexity index is 419. The number of hydrogen-bond donors (Lipinski definition) is 1. The second kappa shape index (κ2) is 6.70. The summed E-state index contributed by atoms with van der Waals surface area (Å²) in [5, 5.41) is 2.78. The molecule has 0 fully saturated rings. The zero-order valence-electron chi connectivity index (χ0n) is 12.5. The Morgan fingerprint density at radius 2 is 2.11 bits per heavy atom. The van der Waals surface area contributed by atoms with E-state index >= 15 is 0 Å². The molecule has 1 amide bonds. The maximum Gasteiger partial charge on any atom is 0.220 e. The van der Waals surface area contributed by atoms with Gasteiger partial charge in [-0.3, -0.25) is 4.79 Å². The normalized spacial score (nSPS) is 11.6. The Morgan fingerprint density at radius 3 is 2.63 bits per heavy atom. The molecule has 0 bridgehead atoms. The molecule has 108 valence electrons. The summed E-state index contributed by atoms with van der Waals surface area (Å²) < 4.78 is 10.6. The Hall–Kier alpha value is -1.36. The maximum absolute atomic E-state index is 11.6. The fourth-order valence-corrected chi connectivity index (χ4v) is 1.59. The number of nitrogens with zero attached hydrogens (tertiary/aromatic N) is 1. The van der Waals surface area contributed by atoms with E-state index < -0.39 is 0 Å². The van der Waals surface area contributed by atoms with Crippen molar-refractivity contribution in [3.8, 4) is 0 Å². The summed E-state index contributed by atoms with van der Waals surface area (Å²) in [5.41, 5.74) is 0.763. The van der Waals surface area contributed by atoms with E-state index in [0.717, 1.165) is 17.3 Å². The van der Waals surface area contributed by atoms with Crippen LogP contribution in [0.5, 0.6) is 0 Å². The number of rotatable bonds is 6. The Kier molecular flexibility index (Phi) is 5.54. The van der Waals surface area contributed by atoms with Crippen LogP contribution in [0.25, 0.3) is 0 Å². The van der Waals surface area contributed by atoms with Gasteiger partial charge >= 0.3 is 0 Å². The van der Waals surface area contributed by atoms with Crippen molar-refractivity contribution < 1.29 is 13.9 Å². The number of methoxy groups -OCH3 is 1. The number of oxazole rings is 1. The van der Waals surface area contributed by atoms with Crippen LogP contribution in [0.1, 0.15) is 44.5 Å². The smallest absolute Gasteiger partial charge is 0.220 e. The number of aromatic nitrogens is 1. The molecule has 1 rings (SSSR count). The molecule has 0 saturated carbocycles. The van der Waals surface area contributed by atoms with Gasteiger partial charge in [0.2, 0.25) is 5.91 Å². The van der Waals surface area contributed by atoms with Crippen molar-refractivity contribution in [3.63, 3.8) is 0 Å². The molecule has 0 radical (unpaired) electrons. The van der Waals surface area contributed by atoms with Crippen molar-refractivity contribution in [2.45, 2.75) is 46.0 Å². The van der Waals surface area contributed by atoms with Gasteiger partial charge in [0.25, 0.3) is 0 Å². The predicted molar refractivity (Wildman–Crippen MR) is 73.1 cm³/mol. The first-order valence-electron chi connectivity index (χ1n) is 6.57. The number of carbonyl (C=O) groups excluding carboxylic acids is 1. The standard InChI is InChI=1S/C14H24N2O3/c1-10-11(19-13(16-10)14(2,3)4)6-7-12(17)15-8-9-18-5/h6-9H2,1-5H3,(H,15,17). The highest BCUT2D eigenvalue weighted by Gasteiger charge is 2.22. The van der Waals surface area contributed by atoms with Gasteiger partial charge < -0.3 is 14.5 Å². The Morgan fingerprint density at radius 1 is 1.42 bits per heavy atom. The number of hydrogen-bond acceptors (Lipinski definition) is 4. The van der Waals surface area contributed by atoms with Crippen LogP contribution in [0.4, 0.5) is 0 Å². The average molecular weight is 268 g/mol. The van der Waals surface area contributed by atoms with E-state index in [2.05, 4.69) is 31.1 Å². The molecule has 0 saturated heterocycles. The van der Waals surface area contributed by atoms with Crippen LogP contribution < -0.4 is 5.32 Å². The van der Waals surface area contributed by atoms with Crippen molar-refractivity contribution in [2.75, 3.05) is 20.3 Å².